The van der Waals surface area contributed by atoms with E-state index in [4.69, 9.17) is 4.42 Å². The number of oxazole rings is 1. The number of amides is 1. The van der Waals surface area contributed by atoms with Crippen LogP contribution in [0.5, 0.6) is 0 Å². The van der Waals surface area contributed by atoms with Crippen molar-refractivity contribution in [2.45, 2.75) is 25.7 Å². The highest BCUT2D eigenvalue weighted by molar-refractivity contribution is 5.83. The second-order valence-electron chi connectivity index (χ2n) is 7.68. The number of para-hydroxylation sites is 2. The van der Waals surface area contributed by atoms with Gasteiger partial charge in [-0.05, 0) is 30.7 Å². The van der Waals surface area contributed by atoms with Gasteiger partial charge in [0.05, 0.1) is 11.1 Å². The van der Waals surface area contributed by atoms with E-state index in [0.29, 0.717) is 49.4 Å². The monoisotopic (exact) mass is 433 g/mol. The molecule has 0 saturated carbocycles. The van der Waals surface area contributed by atoms with Crippen LogP contribution in [0.1, 0.15) is 24.1 Å². The molecule has 2 heterocycles. The number of nitrogens with zero attached hydrogens (tertiary/aromatic N) is 3. The van der Waals surface area contributed by atoms with Crippen LogP contribution >= 0.6 is 0 Å². The molecule has 1 amide bonds. The van der Waals surface area contributed by atoms with Crippen molar-refractivity contribution in [2.75, 3.05) is 26.2 Å². The average molecular weight is 433 g/mol. The molecule has 4 rings (SSSR count). The van der Waals surface area contributed by atoms with E-state index < -0.39 is 23.5 Å². The van der Waals surface area contributed by atoms with Gasteiger partial charge in [0.15, 0.2) is 5.58 Å². The van der Waals surface area contributed by atoms with E-state index in [-0.39, 0.29) is 5.91 Å². The molecule has 3 aromatic rings. The minimum Gasteiger partial charge on any atom is -0.408 e. The van der Waals surface area contributed by atoms with Gasteiger partial charge < -0.3 is 9.32 Å². The lowest BCUT2D eigenvalue weighted by Gasteiger charge is -2.36. The largest absolute Gasteiger partial charge is 0.420 e. The first-order valence-electron chi connectivity index (χ1n) is 10.0. The molecule has 1 saturated heterocycles. The summed E-state index contributed by atoms with van der Waals surface area (Å²) in [6.07, 6.45) is -4.37. The summed E-state index contributed by atoms with van der Waals surface area (Å²) in [4.78, 5) is 29.0. The Balaban J connectivity index is 1.40. The number of hydrogen-bond acceptors (Lipinski definition) is 4. The number of rotatable bonds is 4. The number of carbonyl (C=O) groups excluding carboxylic acids is 1. The van der Waals surface area contributed by atoms with Crippen LogP contribution in [0.2, 0.25) is 0 Å². The van der Waals surface area contributed by atoms with E-state index in [1.54, 1.807) is 42.2 Å². The molecule has 1 atom stereocenters. The predicted molar refractivity (Wildman–Crippen MR) is 108 cm³/mol. The first kappa shape index (κ1) is 21.2. The molecule has 0 bridgehead atoms. The van der Waals surface area contributed by atoms with E-state index in [1.807, 2.05) is 4.90 Å². The summed E-state index contributed by atoms with van der Waals surface area (Å²) in [6.45, 7) is 4.00. The molecule has 1 aliphatic heterocycles. The smallest absolute Gasteiger partial charge is 0.408 e. The Morgan fingerprint density at radius 3 is 2.48 bits per heavy atom. The molecule has 1 aliphatic rings. The van der Waals surface area contributed by atoms with Crippen molar-refractivity contribution in [2.24, 2.45) is 0 Å². The van der Waals surface area contributed by atoms with Crippen molar-refractivity contribution >= 4 is 17.0 Å². The lowest BCUT2D eigenvalue weighted by atomic mass is 10.1. The summed E-state index contributed by atoms with van der Waals surface area (Å²) in [5.41, 5.74) is 0.916. The van der Waals surface area contributed by atoms with Gasteiger partial charge in [0.25, 0.3) is 0 Å². The van der Waals surface area contributed by atoms with Crippen LogP contribution in [-0.2, 0) is 17.5 Å². The van der Waals surface area contributed by atoms with Gasteiger partial charge in [0, 0.05) is 32.7 Å². The summed E-state index contributed by atoms with van der Waals surface area (Å²) >= 11 is 0. The number of aromatic nitrogens is 1. The summed E-state index contributed by atoms with van der Waals surface area (Å²) in [7, 11) is 0. The van der Waals surface area contributed by atoms with Crippen molar-refractivity contribution < 1.29 is 22.4 Å². The van der Waals surface area contributed by atoms with Gasteiger partial charge in [-0.25, -0.2) is 4.79 Å². The maximum atomic E-state index is 13.0. The van der Waals surface area contributed by atoms with Crippen LogP contribution in [0.15, 0.2) is 57.7 Å². The van der Waals surface area contributed by atoms with Crippen LogP contribution in [0, 0.1) is 0 Å². The van der Waals surface area contributed by atoms with Gasteiger partial charge in [0.2, 0.25) is 5.91 Å². The predicted octanol–water partition coefficient (Wildman–Crippen LogP) is 3.52. The number of hydrogen-bond donors (Lipinski definition) is 0. The Bertz CT molecular complexity index is 1140. The highest BCUT2D eigenvalue weighted by atomic mass is 19.4. The van der Waals surface area contributed by atoms with Gasteiger partial charge in [-0.15, -0.1) is 0 Å². The Morgan fingerprint density at radius 1 is 1.06 bits per heavy atom. The third-order valence-corrected chi connectivity index (χ3v) is 5.61. The molecule has 1 fully saturated rings. The van der Waals surface area contributed by atoms with E-state index in [2.05, 4.69) is 0 Å². The second-order valence-corrected chi connectivity index (χ2v) is 7.68. The SMILES string of the molecule is CC(C(=O)N1CCN(Cc2cccc(C(F)(F)F)c2)CC1)n1c(=O)oc2ccccc21. The summed E-state index contributed by atoms with van der Waals surface area (Å²) in [5, 5.41) is 0. The molecule has 164 valence electrons. The zero-order valence-electron chi connectivity index (χ0n) is 16.9. The van der Waals surface area contributed by atoms with Crippen molar-refractivity contribution in [3.63, 3.8) is 0 Å². The van der Waals surface area contributed by atoms with Gasteiger partial charge in [-0.1, -0.05) is 30.3 Å². The number of fused-ring (bicyclic) bond motifs is 1. The third kappa shape index (κ3) is 4.36. The van der Waals surface area contributed by atoms with E-state index in [1.165, 1.54) is 10.6 Å². The highest BCUT2D eigenvalue weighted by Crippen LogP contribution is 2.30. The summed E-state index contributed by atoms with van der Waals surface area (Å²) < 4.78 is 45.3. The second kappa shape index (κ2) is 8.22. The van der Waals surface area contributed by atoms with Gasteiger partial charge in [0.1, 0.15) is 6.04 Å². The van der Waals surface area contributed by atoms with Crippen LogP contribution in [0.4, 0.5) is 13.2 Å². The quantitative estimate of drug-likeness (QED) is 0.632. The Morgan fingerprint density at radius 2 is 1.77 bits per heavy atom. The maximum absolute atomic E-state index is 13.0. The van der Waals surface area contributed by atoms with E-state index in [9.17, 15) is 22.8 Å². The molecule has 2 aromatic carbocycles. The molecular weight excluding hydrogens is 411 g/mol. The van der Waals surface area contributed by atoms with E-state index in [0.717, 1.165) is 12.1 Å². The number of alkyl halides is 3. The first-order valence-corrected chi connectivity index (χ1v) is 10.0. The molecule has 0 N–H and O–H groups in total. The fourth-order valence-corrected chi connectivity index (χ4v) is 3.96. The Hall–Kier alpha value is -3.07. The van der Waals surface area contributed by atoms with Crippen LogP contribution < -0.4 is 5.76 Å². The molecule has 0 radical (unpaired) electrons. The molecular formula is C22H22F3N3O3. The lowest BCUT2D eigenvalue weighted by Crippen LogP contribution is -2.50. The molecule has 0 spiro atoms. The topological polar surface area (TPSA) is 58.7 Å². The average Bonchev–Trinajstić information content (AvgIpc) is 3.08. The summed E-state index contributed by atoms with van der Waals surface area (Å²) in [5.74, 6) is -0.766. The van der Waals surface area contributed by atoms with Gasteiger partial charge >= 0.3 is 11.9 Å². The van der Waals surface area contributed by atoms with Crippen molar-refractivity contribution in [3.8, 4) is 0 Å². The summed E-state index contributed by atoms with van der Waals surface area (Å²) in [6, 6.07) is 11.5. The highest BCUT2D eigenvalue weighted by Gasteiger charge is 2.31. The Labute approximate surface area is 176 Å². The maximum Gasteiger partial charge on any atom is 0.420 e. The van der Waals surface area contributed by atoms with Crippen LogP contribution in [0.3, 0.4) is 0 Å². The van der Waals surface area contributed by atoms with Crippen molar-refractivity contribution in [3.05, 3.63) is 70.2 Å². The zero-order chi connectivity index (χ0) is 22.2. The van der Waals surface area contributed by atoms with Crippen molar-refractivity contribution in [1.82, 2.24) is 14.4 Å². The Kier molecular flexibility index (Phi) is 5.62. The third-order valence-electron chi connectivity index (χ3n) is 5.61. The molecule has 6 nitrogen and oxygen atoms in total. The van der Waals surface area contributed by atoms with Crippen LogP contribution in [0.25, 0.3) is 11.1 Å². The zero-order valence-corrected chi connectivity index (χ0v) is 16.9. The van der Waals surface area contributed by atoms with Crippen LogP contribution in [-0.4, -0.2) is 46.5 Å². The standard InChI is InChI=1S/C22H22F3N3O3/c1-15(28-18-7-2-3-8-19(18)31-21(28)30)20(29)27-11-9-26(10-12-27)14-16-5-4-6-17(13-16)22(23,24)25/h2-8,13,15H,9-12,14H2,1H3. The molecule has 0 aliphatic carbocycles. The molecule has 9 heteroatoms. The molecule has 1 unspecified atom stereocenters. The molecule has 31 heavy (non-hydrogen) atoms. The minimum absolute atomic E-state index is 0.188. The van der Waals surface area contributed by atoms with Crippen molar-refractivity contribution in [1.29, 1.82) is 0 Å². The number of piperazine rings is 1. The first-order chi connectivity index (χ1) is 14.7. The minimum atomic E-state index is -4.37. The molecule has 1 aromatic heterocycles. The van der Waals surface area contributed by atoms with Gasteiger partial charge in [-0.3, -0.25) is 14.3 Å². The number of carbonyl (C=O) groups is 1. The fourth-order valence-electron chi connectivity index (χ4n) is 3.96. The number of halogens is 3. The van der Waals surface area contributed by atoms with E-state index >= 15 is 0 Å². The lowest BCUT2D eigenvalue weighted by molar-refractivity contribution is -0.138. The normalized spacial score (nSPS) is 16.6. The van der Waals surface area contributed by atoms with Gasteiger partial charge in [-0.2, -0.15) is 13.2 Å². The fraction of sp³-hybridized carbons (Fsp3) is 0.364. The number of benzene rings is 2.